The Hall–Kier alpha value is -0.890. The Labute approximate surface area is 115 Å². The minimum Gasteiger partial charge on any atom is -0.382 e. The number of rotatable bonds is 12. The minimum absolute atomic E-state index is 0.412. The number of amides is 2. The molecule has 0 unspecified atom stereocenters. The molecular formula is C12H28N2O5. The number of carbonyl (C=O) groups excluding carboxylic acids is 1. The van der Waals surface area contributed by atoms with Crippen LogP contribution in [0.4, 0.5) is 4.79 Å². The first-order valence-corrected chi connectivity index (χ1v) is 6.53. The molecule has 0 atom stereocenters. The maximum Gasteiger partial charge on any atom is 0.312 e. The van der Waals surface area contributed by atoms with E-state index in [0.29, 0.717) is 52.8 Å². The number of hydrogen-bond acceptors (Lipinski definition) is 5. The molecule has 19 heavy (non-hydrogen) atoms. The second kappa shape index (κ2) is 19.4. The number of hydrogen-bond donors (Lipinski definition) is 2. The van der Waals surface area contributed by atoms with Gasteiger partial charge in [-0.1, -0.05) is 13.8 Å². The maximum absolute atomic E-state index is 10.3. The van der Waals surface area contributed by atoms with Crippen molar-refractivity contribution in [3.63, 3.8) is 0 Å². The van der Waals surface area contributed by atoms with Crippen LogP contribution in [-0.4, -0.2) is 65.9 Å². The van der Waals surface area contributed by atoms with Crippen molar-refractivity contribution in [3.05, 3.63) is 0 Å². The maximum atomic E-state index is 10.3. The van der Waals surface area contributed by atoms with Crippen LogP contribution < -0.4 is 11.1 Å². The minimum atomic E-state index is -0.543. The number of urea groups is 1. The first-order chi connectivity index (χ1) is 9.27. The largest absolute Gasteiger partial charge is 0.382 e. The molecule has 0 aliphatic carbocycles. The number of methoxy groups -OCH3 is 1. The third-order valence-corrected chi connectivity index (χ3v) is 1.72. The second-order valence-corrected chi connectivity index (χ2v) is 3.12. The predicted octanol–water partition coefficient (Wildman–Crippen LogP) is 0.377. The van der Waals surface area contributed by atoms with Crippen molar-refractivity contribution >= 4 is 6.03 Å². The van der Waals surface area contributed by atoms with Crippen LogP contribution in [-0.2, 0) is 18.9 Å². The third-order valence-electron chi connectivity index (χ3n) is 1.72. The summed E-state index contributed by atoms with van der Waals surface area (Å²) < 4.78 is 20.4. The Morgan fingerprint density at radius 3 is 1.74 bits per heavy atom. The van der Waals surface area contributed by atoms with Crippen molar-refractivity contribution in [2.75, 3.05) is 59.9 Å². The number of carbonyl (C=O) groups is 1. The lowest BCUT2D eigenvalue weighted by Crippen LogP contribution is -2.32. The second-order valence-electron chi connectivity index (χ2n) is 3.12. The molecule has 2 amide bonds. The molecule has 0 spiro atoms. The van der Waals surface area contributed by atoms with Gasteiger partial charge in [-0.2, -0.15) is 0 Å². The van der Waals surface area contributed by atoms with Gasteiger partial charge in [0, 0.05) is 13.7 Å². The summed E-state index contributed by atoms with van der Waals surface area (Å²) in [6, 6.07) is -0.543. The molecule has 0 aromatic rings. The van der Waals surface area contributed by atoms with E-state index >= 15 is 0 Å². The molecule has 0 rings (SSSR count). The average molecular weight is 280 g/mol. The van der Waals surface area contributed by atoms with E-state index in [1.165, 1.54) is 0 Å². The van der Waals surface area contributed by atoms with Crippen LogP contribution in [0.1, 0.15) is 13.8 Å². The lowest BCUT2D eigenvalue weighted by molar-refractivity contribution is 0.00430. The molecule has 116 valence electrons. The Kier molecular flexibility index (Phi) is 20.9. The fourth-order valence-electron chi connectivity index (χ4n) is 0.931. The molecule has 0 radical (unpaired) electrons. The zero-order valence-corrected chi connectivity index (χ0v) is 12.3. The zero-order valence-electron chi connectivity index (χ0n) is 12.3. The number of ether oxygens (including phenoxy) is 4. The summed E-state index contributed by atoms with van der Waals surface area (Å²) >= 11 is 0. The summed E-state index contributed by atoms with van der Waals surface area (Å²) in [6.07, 6.45) is 0. The topological polar surface area (TPSA) is 92.0 Å². The first kappa shape index (κ1) is 20.4. The van der Waals surface area contributed by atoms with Crippen molar-refractivity contribution < 1.29 is 23.7 Å². The smallest absolute Gasteiger partial charge is 0.312 e. The van der Waals surface area contributed by atoms with Crippen molar-refractivity contribution in [2.24, 2.45) is 5.73 Å². The van der Waals surface area contributed by atoms with Gasteiger partial charge in [0.05, 0.1) is 46.2 Å². The summed E-state index contributed by atoms with van der Waals surface area (Å²) in [5.41, 5.74) is 4.87. The third kappa shape index (κ3) is 22.7. The fourth-order valence-corrected chi connectivity index (χ4v) is 0.931. The van der Waals surface area contributed by atoms with Crippen LogP contribution in [0.25, 0.3) is 0 Å². The van der Waals surface area contributed by atoms with E-state index in [2.05, 4.69) is 5.32 Å². The molecule has 0 aliphatic heterocycles. The van der Waals surface area contributed by atoms with Crippen LogP contribution in [0.5, 0.6) is 0 Å². The SMILES string of the molecule is CC.COCCOCCOCCOCCNC(N)=O. The Bertz CT molecular complexity index is 182. The lowest BCUT2D eigenvalue weighted by Gasteiger charge is -2.06. The van der Waals surface area contributed by atoms with Gasteiger partial charge in [0.25, 0.3) is 0 Å². The van der Waals surface area contributed by atoms with E-state index in [1.54, 1.807) is 7.11 Å². The fraction of sp³-hybridized carbons (Fsp3) is 0.917. The summed E-state index contributed by atoms with van der Waals surface area (Å²) in [5.74, 6) is 0. The normalized spacial score (nSPS) is 9.63. The Morgan fingerprint density at radius 2 is 1.32 bits per heavy atom. The van der Waals surface area contributed by atoms with Crippen LogP contribution in [0.2, 0.25) is 0 Å². The van der Waals surface area contributed by atoms with Crippen LogP contribution in [0.3, 0.4) is 0 Å². The number of nitrogens with two attached hydrogens (primary N) is 1. The van der Waals surface area contributed by atoms with Crippen LogP contribution in [0.15, 0.2) is 0 Å². The van der Waals surface area contributed by atoms with E-state index in [1.807, 2.05) is 13.8 Å². The van der Waals surface area contributed by atoms with E-state index in [4.69, 9.17) is 24.7 Å². The molecule has 0 fully saturated rings. The van der Waals surface area contributed by atoms with Gasteiger partial charge in [-0.15, -0.1) is 0 Å². The van der Waals surface area contributed by atoms with Gasteiger partial charge < -0.3 is 30.0 Å². The molecule has 0 aromatic carbocycles. The molecular weight excluding hydrogens is 252 g/mol. The molecule has 0 heterocycles. The lowest BCUT2D eigenvalue weighted by atomic mass is 10.6. The van der Waals surface area contributed by atoms with E-state index in [0.717, 1.165) is 0 Å². The van der Waals surface area contributed by atoms with Crippen molar-refractivity contribution in [3.8, 4) is 0 Å². The van der Waals surface area contributed by atoms with Gasteiger partial charge in [-0.3, -0.25) is 0 Å². The Balaban J connectivity index is 0. The van der Waals surface area contributed by atoms with Gasteiger partial charge in [-0.25, -0.2) is 4.79 Å². The first-order valence-electron chi connectivity index (χ1n) is 6.53. The zero-order chi connectivity index (χ0) is 14.8. The molecule has 0 aromatic heterocycles. The highest BCUT2D eigenvalue weighted by atomic mass is 16.6. The summed E-state index contributed by atoms with van der Waals surface area (Å²) in [6.45, 7) is 8.08. The van der Waals surface area contributed by atoms with Gasteiger partial charge in [0.2, 0.25) is 0 Å². The molecule has 7 heteroatoms. The van der Waals surface area contributed by atoms with Crippen LogP contribution in [0, 0.1) is 0 Å². The summed E-state index contributed by atoms with van der Waals surface area (Å²) in [4.78, 5) is 10.3. The molecule has 0 saturated carbocycles. The van der Waals surface area contributed by atoms with E-state index in [9.17, 15) is 4.79 Å². The summed E-state index contributed by atoms with van der Waals surface area (Å²) in [5, 5.41) is 2.42. The monoisotopic (exact) mass is 280 g/mol. The predicted molar refractivity (Wildman–Crippen MR) is 73.3 cm³/mol. The van der Waals surface area contributed by atoms with Gasteiger partial charge in [-0.05, 0) is 0 Å². The van der Waals surface area contributed by atoms with Crippen molar-refractivity contribution in [2.45, 2.75) is 13.8 Å². The van der Waals surface area contributed by atoms with Crippen LogP contribution >= 0.6 is 0 Å². The summed E-state index contributed by atoms with van der Waals surface area (Å²) in [7, 11) is 1.63. The standard InChI is InChI=1S/C10H22N2O5.C2H6/c1-14-4-5-16-8-9-17-7-6-15-3-2-12-10(11)13;1-2/h2-9H2,1H3,(H3,11,12,13);1-2H3. The molecule has 0 bridgehead atoms. The van der Waals surface area contributed by atoms with Gasteiger partial charge >= 0.3 is 6.03 Å². The van der Waals surface area contributed by atoms with Gasteiger partial charge in [0.15, 0.2) is 0 Å². The van der Waals surface area contributed by atoms with Crippen molar-refractivity contribution in [1.29, 1.82) is 0 Å². The number of nitrogens with one attached hydrogen (secondary N) is 1. The van der Waals surface area contributed by atoms with Crippen molar-refractivity contribution in [1.82, 2.24) is 5.32 Å². The molecule has 0 aliphatic rings. The average Bonchev–Trinajstić information content (AvgIpc) is 2.42. The molecule has 0 saturated heterocycles. The molecule has 7 nitrogen and oxygen atoms in total. The highest BCUT2D eigenvalue weighted by Gasteiger charge is 1.93. The van der Waals surface area contributed by atoms with E-state index in [-0.39, 0.29) is 0 Å². The quantitative estimate of drug-likeness (QED) is 0.504. The molecule has 3 N–H and O–H groups in total. The Morgan fingerprint density at radius 1 is 0.895 bits per heavy atom. The van der Waals surface area contributed by atoms with Gasteiger partial charge in [0.1, 0.15) is 0 Å². The highest BCUT2D eigenvalue weighted by molar-refractivity contribution is 5.71. The highest BCUT2D eigenvalue weighted by Crippen LogP contribution is 1.81. The number of primary amides is 1. The van der Waals surface area contributed by atoms with E-state index < -0.39 is 6.03 Å².